The number of pyridine rings is 2. The minimum absolute atomic E-state index is 0.198. The molecule has 1 unspecified atom stereocenters. The average molecular weight is 399 g/mol. The van der Waals surface area contributed by atoms with Crippen LogP contribution in [0.4, 0.5) is 13.2 Å². The summed E-state index contributed by atoms with van der Waals surface area (Å²) in [5, 5.41) is 12.7. The van der Waals surface area contributed by atoms with Crippen molar-refractivity contribution in [2.75, 3.05) is 6.61 Å². The van der Waals surface area contributed by atoms with E-state index in [1.807, 2.05) is 0 Å². The lowest BCUT2D eigenvalue weighted by atomic mass is 10.1. The van der Waals surface area contributed by atoms with Crippen molar-refractivity contribution in [1.29, 1.82) is 5.26 Å². The molecule has 1 atom stereocenters. The Hall–Kier alpha value is -3.78. The molecule has 0 amide bonds. The number of nitrogens with one attached hydrogen (secondary N) is 1. The molecular formula is C18H12F3N7O. The number of nitriles is 1. The van der Waals surface area contributed by atoms with E-state index >= 15 is 0 Å². The molecule has 0 fully saturated rings. The minimum atomic E-state index is -4.66. The number of rotatable bonds is 5. The molecule has 8 nitrogen and oxygen atoms in total. The molecule has 0 aliphatic rings. The van der Waals surface area contributed by atoms with Gasteiger partial charge in [0.15, 0.2) is 17.6 Å². The summed E-state index contributed by atoms with van der Waals surface area (Å²) in [4.78, 5) is 15.4. The topological polar surface area (TPSA) is 105 Å². The van der Waals surface area contributed by atoms with Crippen molar-refractivity contribution in [3.8, 4) is 23.0 Å². The monoisotopic (exact) mass is 399 g/mol. The first-order chi connectivity index (χ1) is 14.0. The van der Waals surface area contributed by atoms with E-state index in [2.05, 4.69) is 29.8 Å². The highest BCUT2D eigenvalue weighted by Crippen LogP contribution is 2.35. The second kappa shape index (κ2) is 7.33. The molecule has 146 valence electrons. The highest BCUT2D eigenvalue weighted by molar-refractivity contribution is 5.88. The number of ether oxygens (including phenoxy) is 1. The Morgan fingerprint density at radius 1 is 1.17 bits per heavy atom. The van der Waals surface area contributed by atoms with Crippen molar-refractivity contribution in [3.63, 3.8) is 0 Å². The fourth-order valence-corrected chi connectivity index (χ4v) is 2.86. The van der Waals surface area contributed by atoms with Crippen molar-refractivity contribution >= 4 is 11.2 Å². The highest BCUT2D eigenvalue weighted by atomic mass is 19.4. The number of nitrogens with zero attached hydrogens (tertiary/aromatic N) is 6. The zero-order valence-corrected chi connectivity index (χ0v) is 14.6. The third kappa shape index (κ3) is 3.65. The van der Waals surface area contributed by atoms with Crippen LogP contribution in [0.1, 0.15) is 11.7 Å². The smallest absolute Gasteiger partial charge is 0.349 e. The van der Waals surface area contributed by atoms with Crippen LogP contribution in [0, 0.1) is 11.3 Å². The Bertz CT molecular complexity index is 1170. The van der Waals surface area contributed by atoms with Crippen LogP contribution in [-0.2, 0) is 4.74 Å². The quantitative estimate of drug-likeness (QED) is 0.552. The molecular weight excluding hydrogens is 387 g/mol. The number of halogens is 3. The maximum absolute atomic E-state index is 13.2. The van der Waals surface area contributed by atoms with E-state index in [-0.39, 0.29) is 5.56 Å². The Kier molecular flexibility index (Phi) is 4.69. The number of fused-ring (bicyclic) bond motifs is 1. The fraction of sp³-hybridized carbons (Fsp3) is 0.167. The molecule has 0 aliphatic carbocycles. The second-order valence-corrected chi connectivity index (χ2v) is 5.97. The van der Waals surface area contributed by atoms with Gasteiger partial charge in [0.1, 0.15) is 12.1 Å². The first kappa shape index (κ1) is 18.6. The van der Waals surface area contributed by atoms with Gasteiger partial charge in [-0.1, -0.05) is 6.07 Å². The maximum Gasteiger partial charge on any atom is 0.418 e. The zero-order chi connectivity index (χ0) is 20.4. The van der Waals surface area contributed by atoms with Gasteiger partial charge in [-0.2, -0.15) is 23.5 Å². The summed E-state index contributed by atoms with van der Waals surface area (Å²) < 4.78 is 45.5. The number of alkyl halides is 3. The molecule has 11 heteroatoms. The first-order valence-electron chi connectivity index (χ1n) is 8.32. The molecule has 4 aromatic heterocycles. The third-order valence-corrected chi connectivity index (χ3v) is 4.13. The molecule has 0 aromatic carbocycles. The second-order valence-electron chi connectivity index (χ2n) is 5.97. The molecule has 0 bridgehead atoms. The van der Waals surface area contributed by atoms with Crippen molar-refractivity contribution in [1.82, 2.24) is 29.7 Å². The molecule has 0 radical (unpaired) electrons. The Morgan fingerprint density at radius 2 is 2.03 bits per heavy atom. The molecule has 29 heavy (non-hydrogen) atoms. The van der Waals surface area contributed by atoms with Crippen molar-refractivity contribution < 1.29 is 17.9 Å². The summed E-state index contributed by atoms with van der Waals surface area (Å²) in [5.41, 5.74) is 2.67. The van der Waals surface area contributed by atoms with Crippen LogP contribution in [0.2, 0.25) is 0 Å². The molecule has 0 saturated carbocycles. The van der Waals surface area contributed by atoms with E-state index in [0.717, 1.165) is 17.3 Å². The molecule has 0 saturated heterocycles. The Labute approximate surface area is 161 Å². The van der Waals surface area contributed by atoms with Crippen molar-refractivity contribution in [3.05, 3.63) is 54.9 Å². The van der Waals surface area contributed by atoms with Gasteiger partial charge in [-0.3, -0.25) is 0 Å². The largest absolute Gasteiger partial charge is 0.418 e. The number of imidazole rings is 1. The fourth-order valence-electron chi connectivity index (χ4n) is 2.86. The molecule has 1 N–H and O–H groups in total. The summed E-state index contributed by atoms with van der Waals surface area (Å²) in [7, 11) is 0. The number of aromatic nitrogens is 6. The number of H-pyrrole nitrogens is 1. The van der Waals surface area contributed by atoms with Crippen LogP contribution < -0.4 is 0 Å². The number of aromatic amines is 1. The maximum atomic E-state index is 13.2. The van der Waals surface area contributed by atoms with Crippen LogP contribution >= 0.6 is 0 Å². The van der Waals surface area contributed by atoms with E-state index in [4.69, 9.17) is 5.26 Å². The zero-order valence-electron chi connectivity index (χ0n) is 14.6. The van der Waals surface area contributed by atoms with Crippen molar-refractivity contribution in [2.24, 2.45) is 0 Å². The first-order valence-corrected chi connectivity index (χ1v) is 8.32. The normalized spacial score (nSPS) is 12.8. The summed E-state index contributed by atoms with van der Waals surface area (Å²) in [6.07, 6.45) is 0.657. The Morgan fingerprint density at radius 3 is 2.76 bits per heavy atom. The van der Waals surface area contributed by atoms with Gasteiger partial charge in [0, 0.05) is 35.3 Å². The van der Waals surface area contributed by atoms with Gasteiger partial charge >= 0.3 is 6.18 Å². The number of hydrogen-bond donors (Lipinski definition) is 1. The van der Waals surface area contributed by atoms with Gasteiger partial charge < -0.3 is 9.72 Å². The predicted octanol–water partition coefficient (Wildman–Crippen LogP) is 3.35. The lowest BCUT2D eigenvalue weighted by Gasteiger charge is -2.19. The average Bonchev–Trinajstić information content (AvgIpc) is 3.37. The molecule has 0 spiro atoms. The SMILES string of the molecule is N#CCOC(c1ccc(-n2cc(-c3ccnc4[nH]cnc34)cn2)nc1)C(F)(F)F. The van der Waals surface area contributed by atoms with Gasteiger partial charge in [0.05, 0.1) is 18.6 Å². The minimum Gasteiger partial charge on any atom is -0.349 e. The molecule has 4 heterocycles. The van der Waals surface area contributed by atoms with Gasteiger partial charge in [-0.15, -0.1) is 0 Å². The van der Waals surface area contributed by atoms with Crippen LogP contribution in [0.5, 0.6) is 0 Å². The highest BCUT2D eigenvalue weighted by Gasteiger charge is 2.42. The molecule has 0 aliphatic heterocycles. The summed E-state index contributed by atoms with van der Waals surface area (Å²) in [5.74, 6) is 0.327. The van der Waals surface area contributed by atoms with Crippen LogP contribution in [0.25, 0.3) is 28.1 Å². The van der Waals surface area contributed by atoms with E-state index in [1.54, 1.807) is 24.7 Å². The van der Waals surface area contributed by atoms with E-state index in [0.29, 0.717) is 17.0 Å². The van der Waals surface area contributed by atoms with Crippen LogP contribution in [0.15, 0.2) is 49.3 Å². The molecule has 4 rings (SSSR count). The van der Waals surface area contributed by atoms with Crippen molar-refractivity contribution in [2.45, 2.75) is 12.3 Å². The summed E-state index contributed by atoms with van der Waals surface area (Å²) in [6.45, 7) is -0.679. The molecule has 4 aromatic rings. The lowest BCUT2D eigenvalue weighted by molar-refractivity contribution is -0.220. The van der Waals surface area contributed by atoms with Gasteiger partial charge in [0.2, 0.25) is 0 Å². The van der Waals surface area contributed by atoms with E-state index in [1.165, 1.54) is 29.2 Å². The Balaban J connectivity index is 1.62. The van der Waals surface area contributed by atoms with Gasteiger partial charge in [0.25, 0.3) is 0 Å². The summed E-state index contributed by atoms with van der Waals surface area (Å²) in [6, 6.07) is 5.98. The summed E-state index contributed by atoms with van der Waals surface area (Å²) >= 11 is 0. The van der Waals surface area contributed by atoms with Crippen LogP contribution in [0.3, 0.4) is 0 Å². The number of hydrogen-bond acceptors (Lipinski definition) is 6. The predicted molar refractivity (Wildman–Crippen MR) is 94.6 cm³/mol. The standard InChI is InChI=1S/C18H12F3N7O/c19-18(20,21)16(29-6-4-22)11-1-2-14(24-7-11)28-9-12(8-27-28)13-3-5-23-17-15(13)25-10-26-17/h1-3,5,7-10,16H,6H2,(H,23,25,26). The van der Waals surface area contributed by atoms with Gasteiger partial charge in [-0.05, 0) is 12.1 Å². The third-order valence-electron chi connectivity index (χ3n) is 4.13. The van der Waals surface area contributed by atoms with E-state index < -0.39 is 18.9 Å². The van der Waals surface area contributed by atoms with Gasteiger partial charge in [-0.25, -0.2) is 19.6 Å². The van der Waals surface area contributed by atoms with E-state index in [9.17, 15) is 13.2 Å². The lowest BCUT2D eigenvalue weighted by Crippen LogP contribution is -2.24. The van der Waals surface area contributed by atoms with Crippen LogP contribution in [-0.4, -0.2) is 42.5 Å².